The summed E-state index contributed by atoms with van der Waals surface area (Å²) in [5, 5.41) is 0.197. The number of benzene rings is 1. The van der Waals surface area contributed by atoms with Crippen LogP contribution in [0.5, 0.6) is 0 Å². The molecule has 0 amide bonds. The van der Waals surface area contributed by atoms with E-state index in [1.807, 2.05) is 0 Å². The number of aromatic nitrogens is 1. The first kappa shape index (κ1) is 14.1. The smallest absolute Gasteiger partial charge is 0.263 e. The molecule has 0 aliphatic rings. The van der Waals surface area contributed by atoms with Crippen LogP contribution in [0, 0.1) is 0 Å². The standard InChI is InChI=1S/C11H9BrClN3O2S/c12-7-1-2-9(14)10(5-7)19(17,18)16-8-3-4-15-11(13)6-8/h1-6H,14H2,(H,15,16). The predicted molar refractivity (Wildman–Crippen MR) is 78.6 cm³/mol. The van der Waals surface area contributed by atoms with Gasteiger partial charge in [0.15, 0.2) is 0 Å². The minimum Gasteiger partial charge on any atom is -0.398 e. The van der Waals surface area contributed by atoms with E-state index in [2.05, 4.69) is 25.6 Å². The largest absolute Gasteiger partial charge is 0.398 e. The Labute approximate surface area is 124 Å². The summed E-state index contributed by atoms with van der Waals surface area (Å²) in [6.45, 7) is 0. The molecule has 0 radical (unpaired) electrons. The Morgan fingerprint density at radius 1 is 1.26 bits per heavy atom. The van der Waals surface area contributed by atoms with Gasteiger partial charge >= 0.3 is 0 Å². The van der Waals surface area contributed by atoms with Crippen molar-refractivity contribution in [1.29, 1.82) is 0 Å². The predicted octanol–water partition coefficient (Wildman–Crippen LogP) is 2.88. The van der Waals surface area contributed by atoms with E-state index < -0.39 is 10.0 Å². The maximum atomic E-state index is 12.2. The van der Waals surface area contributed by atoms with Crippen LogP contribution in [-0.2, 0) is 10.0 Å². The third-order valence-corrected chi connectivity index (χ3v) is 4.38. The summed E-state index contributed by atoms with van der Waals surface area (Å²) >= 11 is 8.91. The fraction of sp³-hybridized carbons (Fsp3) is 0. The van der Waals surface area contributed by atoms with Gasteiger partial charge in [0, 0.05) is 10.7 Å². The van der Waals surface area contributed by atoms with Crippen molar-refractivity contribution >= 4 is 48.9 Å². The highest BCUT2D eigenvalue weighted by Crippen LogP contribution is 2.25. The topological polar surface area (TPSA) is 85.1 Å². The molecule has 0 fully saturated rings. The molecule has 1 heterocycles. The third kappa shape index (κ3) is 3.37. The molecule has 1 aromatic heterocycles. The van der Waals surface area contributed by atoms with Gasteiger partial charge in [0.25, 0.3) is 10.0 Å². The van der Waals surface area contributed by atoms with E-state index >= 15 is 0 Å². The van der Waals surface area contributed by atoms with Crippen molar-refractivity contribution < 1.29 is 8.42 Å². The lowest BCUT2D eigenvalue weighted by molar-refractivity contribution is 0.601. The molecule has 0 saturated heterocycles. The van der Waals surface area contributed by atoms with Gasteiger partial charge in [-0.3, -0.25) is 4.72 Å². The van der Waals surface area contributed by atoms with Crippen molar-refractivity contribution in [2.45, 2.75) is 4.90 Å². The summed E-state index contributed by atoms with van der Waals surface area (Å²) in [5.41, 5.74) is 6.16. The Kier molecular flexibility index (Phi) is 3.98. The van der Waals surface area contributed by atoms with Crippen molar-refractivity contribution in [1.82, 2.24) is 4.98 Å². The number of hydrogen-bond donors (Lipinski definition) is 2. The summed E-state index contributed by atoms with van der Waals surface area (Å²) in [7, 11) is -3.77. The van der Waals surface area contributed by atoms with Gasteiger partial charge in [-0.1, -0.05) is 27.5 Å². The number of nitrogen functional groups attached to an aromatic ring is 1. The van der Waals surface area contributed by atoms with Crippen LogP contribution < -0.4 is 10.5 Å². The number of nitrogens with one attached hydrogen (secondary N) is 1. The molecule has 0 spiro atoms. The lowest BCUT2D eigenvalue weighted by atomic mass is 10.3. The van der Waals surface area contributed by atoms with E-state index in [1.165, 1.54) is 30.5 Å². The molecule has 1 aromatic carbocycles. The number of anilines is 2. The van der Waals surface area contributed by atoms with Crippen molar-refractivity contribution in [3.8, 4) is 0 Å². The van der Waals surface area contributed by atoms with Gasteiger partial charge in [0.2, 0.25) is 0 Å². The number of halogens is 2. The van der Waals surface area contributed by atoms with E-state index in [0.717, 1.165) is 0 Å². The van der Waals surface area contributed by atoms with Gasteiger partial charge in [0.1, 0.15) is 10.0 Å². The van der Waals surface area contributed by atoms with Gasteiger partial charge in [-0.25, -0.2) is 13.4 Å². The molecule has 19 heavy (non-hydrogen) atoms. The minimum atomic E-state index is -3.77. The second-order valence-electron chi connectivity index (χ2n) is 3.65. The van der Waals surface area contributed by atoms with Crippen molar-refractivity contribution in [2.75, 3.05) is 10.5 Å². The first-order valence-corrected chi connectivity index (χ1v) is 7.73. The lowest BCUT2D eigenvalue weighted by Crippen LogP contribution is -2.14. The molecule has 3 N–H and O–H groups in total. The first-order valence-electron chi connectivity index (χ1n) is 5.08. The van der Waals surface area contributed by atoms with Crippen LogP contribution in [0.4, 0.5) is 11.4 Å². The van der Waals surface area contributed by atoms with Crippen LogP contribution >= 0.6 is 27.5 Å². The second-order valence-corrected chi connectivity index (χ2v) is 6.61. The van der Waals surface area contributed by atoms with E-state index in [4.69, 9.17) is 17.3 Å². The summed E-state index contributed by atoms with van der Waals surface area (Å²) in [6, 6.07) is 7.52. The normalized spacial score (nSPS) is 11.3. The molecule has 0 unspecified atom stereocenters. The average molecular weight is 363 g/mol. The Hall–Kier alpha value is -1.31. The van der Waals surface area contributed by atoms with Crippen molar-refractivity contribution in [3.05, 3.63) is 46.2 Å². The zero-order chi connectivity index (χ0) is 14.0. The molecule has 0 aliphatic heterocycles. The Bertz CT molecular complexity index is 722. The zero-order valence-electron chi connectivity index (χ0n) is 9.47. The second kappa shape index (κ2) is 5.36. The Morgan fingerprint density at radius 2 is 2.00 bits per heavy atom. The minimum absolute atomic E-state index is 0.00481. The highest BCUT2D eigenvalue weighted by atomic mass is 79.9. The summed E-state index contributed by atoms with van der Waals surface area (Å²) in [4.78, 5) is 3.77. The number of rotatable bonds is 3. The summed E-state index contributed by atoms with van der Waals surface area (Å²) < 4.78 is 27.4. The summed E-state index contributed by atoms with van der Waals surface area (Å²) in [6.07, 6.45) is 1.41. The number of sulfonamides is 1. The fourth-order valence-electron chi connectivity index (χ4n) is 1.42. The van der Waals surface area contributed by atoms with Gasteiger partial charge in [-0.05, 0) is 30.3 Å². The fourth-order valence-corrected chi connectivity index (χ4v) is 3.31. The van der Waals surface area contributed by atoms with Crippen LogP contribution in [0.2, 0.25) is 5.15 Å². The molecule has 5 nitrogen and oxygen atoms in total. The molecular weight excluding hydrogens is 354 g/mol. The van der Waals surface area contributed by atoms with E-state index in [-0.39, 0.29) is 15.7 Å². The van der Waals surface area contributed by atoms with E-state index in [9.17, 15) is 8.42 Å². The van der Waals surface area contributed by atoms with Gasteiger partial charge in [-0.15, -0.1) is 0 Å². The average Bonchev–Trinajstić information content (AvgIpc) is 2.31. The van der Waals surface area contributed by atoms with Gasteiger partial charge in [-0.2, -0.15) is 0 Å². The van der Waals surface area contributed by atoms with Crippen LogP contribution in [-0.4, -0.2) is 13.4 Å². The van der Waals surface area contributed by atoms with E-state index in [0.29, 0.717) is 10.2 Å². The molecule has 100 valence electrons. The van der Waals surface area contributed by atoms with Crippen LogP contribution in [0.3, 0.4) is 0 Å². The van der Waals surface area contributed by atoms with Gasteiger partial charge in [0.05, 0.1) is 11.4 Å². The van der Waals surface area contributed by atoms with Crippen LogP contribution in [0.15, 0.2) is 45.9 Å². The van der Waals surface area contributed by atoms with Crippen molar-refractivity contribution in [3.63, 3.8) is 0 Å². The maximum absolute atomic E-state index is 12.2. The monoisotopic (exact) mass is 361 g/mol. The Morgan fingerprint density at radius 3 is 2.68 bits per heavy atom. The molecule has 0 atom stereocenters. The zero-order valence-corrected chi connectivity index (χ0v) is 12.6. The number of hydrogen-bond acceptors (Lipinski definition) is 4. The molecule has 2 aromatic rings. The van der Waals surface area contributed by atoms with E-state index in [1.54, 1.807) is 6.07 Å². The maximum Gasteiger partial charge on any atom is 0.263 e. The van der Waals surface area contributed by atoms with Crippen LogP contribution in [0.25, 0.3) is 0 Å². The molecule has 2 rings (SSSR count). The van der Waals surface area contributed by atoms with Crippen molar-refractivity contribution in [2.24, 2.45) is 0 Å². The quantitative estimate of drug-likeness (QED) is 0.649. The molecule has 0 bridgehead atoms. The number of nitrogens with zero attached hydrogens (tertiary/aromatic N) is 1. The molecule has 8 heteroatoms. The molecule has 0 saturated carbocycles. The summed E-state index contributed by atoms with van der Waals surface area (Å²) in [5.74, 6) is 0. The Balaban J connectivity index is 2.40. The molecule has 0 aliphatic carbocycles. The molecular formula is C11H9BrClN3O2S. The number of pyridine rings is 1. The highest BCUT2D eigenvalue weighted by molar-refractivity contribution is 9.10. The van der Waals surface area contributed by atoms with Crippen LogP contribution in [0.1, 0.15) is 0 Å². The first-order chi connectivity index (χ1) is 8.88. The SMILES string of the molecule is Nc1ccc(Br)cc1S(=O)(=O)Nc1ccnc(Cl)c1. The van der Waals surface area contributed by atoms with Gasteiger partial charge < -0.3 is 5.73 Å². The third-order valence-electron chi connectivity index (χ3n) is 2.24. The number of nitrogens with two attached hydrogens (primary N) is 1. The lowest BCUT2D eigenvalue weighted by Gasteiger charge is -2.10. The highest BCUT2D eigenvalue weighted by Gasteiger charge is 2.18.